The number of nitrogens with zero attached hydrogens (tertiary/aromatic N) is 1. The second-order valence-electron chi connectivity index (χ2n) is 6.08. The first-order valence-electron chi connectivity index (χ1n) is 8.64. The molecule has 2 rings (SSSR count). The minimum absolute atomic E-state index is 0.0509. The summed E-state index contributed by atoms with van der Waals surface area (Å²) in [6, 6.07) is 8.30. The molecule has 0 heterocycles. The third-order valence-corrected chi connectivity index (χ3v) is 3.79. The molecule has 0 aliphatic rings. The zero-order chi connectivity index (χ0) is 24.7. The van der Waals surface area contributed by atoms with E-state index in [0.29, 0.717) is 4.90 Å². The van der Waals surface area contributed by atoms with Gasteiger partial charge in [0.1, 0.15) is 0 Å². The van der Waals surface area contributed by atoms with Crippen molar-refractivity contribution in [1.82, 2.24) is 0 Å². The fraction of sp³-hybridized carbons (Fsp3) is 0. The summed E-state index contributed by atoms with van der Waals surface area (Å²) < 4.78 is 0. The molecule has 0 aromatic heterocycles. The average molecular weight is 458 g/mol. The fourth-order valence-electron chi connectivity index (χ4n) is 2.43. The summed E-state index contributed by atoms with van der Waals surface area (Å²) in [5, 5.41) is 32.8. The van der Waals surface area contributed by atoms with Crippen LogP contribution in [-0.4, -0.2) is 57.5 Å². The monoisotopic (exact) mass is 458 g/mol. The van der Waals surface area contributed by atoms with Crippen LogP contribution in [0.4, 0.5) is 27.5 Å². The number of amides is 5. The van der Waals surface area contributed by atoms with Gasteiger partial charge in [-0.3, -0.25) is 19.2 Å². The predicted molar refractivity (Wildman–Crippen MR) is 110 cm³/mol. The van der Waals surface area contributed by atoms with Gasteiger partial charge in [-0.2, -0.15) is 0 Å². The molecule has 2 aromatic carbocycles. The highest BCUT2D eigenvalue weighted by atomic mass is 16.4. The highest BCUT2D eigenvalue weighted by Gasteiger charge is 2.18. The van der Waals surface area contributed by atoms with Gasteiger partial charge in [-0.15, -0.1) is 0 Å². The number of carboxylic acid groups (broad SMARTS) is 3. The molecule has 0 fully saturated rings. The van der Waals surface area contributed by atoms with Gasteiger partial charge in [-0.1, -0.05) is 6.07 Å². The second-order valence-corrected chi connectivity index (χ2v) is 6.08. The molecule has 0 aliphatic heterocycles. The maximum atomic E-state index is 12.7. The van der Waals surface area contributed by atoms with Crippen LogP contribution in [0.25, 0.3) is 0 Å². The average Bonchev–Trinajstić information content (AvgIpc) is 2.73. The quantitative estimate of drug-likeness (QED) is 0.262. The van der Waals surface area contributed by atoms with Gasteiger partial charge in [-0.05, 0) is 36.4 Å². The first-order valence-corrected chi connectivity index (χ1v) is 8.64. The van der Waals surface area contributed by atoms with Crippen molar-refractivity contribution in [3.63, 3.8) is 0 Å². The minimum atomic E-state index is -1.84. The summed E-state index contributed by atoms with van der Waals surface area (Å²) >= 11 is 0. The van der Waals surface area contributed by atoms with Crippen LogP contribution in [0.3, 0.4) is 0 Å². The number of hydrogen-bond donors (Lipinski definition) is 6. The molecule has 5 amide bonds. The van der Waals surface area contributed by atoms with E-state index in [1.807, 2.05) is 10.6 Å². The lowest BCUT2D eigenvalue weighted by Crippen LogP contribution is -2.27. The van der Waals surface area contributed by atoms with E-state index >= 15 is 0 Å². The summed E-state index contributed by atoms with van der Waals surface area (Å²) in [5.74, 6) is -7.46. The molecule has 0 saturated carbocycles. The summed E-state index contributed by atoms with van der Waals surface area (Å²) in [7, 11) is 0. The van der Waals surface area contributed by atoms with E-state index in [1.54, 1.807) is 0 Å². The van der Waals surface area contributed by atoms with Gasteiger partial charge in [-0.25, -0.2) is 19.3 Å². The number of imide groups is 1. The smallest absolute Gasteiger partial charge is 0.418 e. The van der Waals surface area contributed by atoms with Crippen LogP contribution in [0, 0.1) is 0 Å². The maximum Gasteiger partial charge on any atom is 0.418 e. The van der Waals surface area contributed by atoms with Crippen LogP contribution in [0.2, 0.25) is 0 Å². The lowest BCUT2D eigenvalue weighted by molar-refractivity contribution is -0.147. The van der Waals surface area contributed by atoms with Crippen LogP contribution < -0.4 is 20.9 Å². The highest BCUT2D eigenvalue weighted by molar-refractivity contribution is 6.37. The van der Waals surface area contributed by atoms with Crippen molar-refractivity contribution in [2.24, 2.45) is 0 Å². The lowest BCUT2D eigenvalue weighted by atomic mass is 10.1. The Labute approximate surface area is 183 Å². The zero-order valence-electron chi connectivity index (χ0n) is 16.3. The number of aliphatic carboxylic acids is 2. The van der Waals surface area contributed by atoms with E-state index in [1.165, 1.54) is 24.3 Å². The van der Waals surface area contributed by atoms with E-state index in [0.717, 1.165) is 18.2 Å². The van der Waals surface area contributed by atoms with E-state index < -0.39 is 35.8 Å². The molecule has 170 valence electrons. The van der Waals surface area contributed by atoms with Crippen molar-refractivity contribution in [3.8, 4) is 0 Å². The van der Waals surface area contributed by atoms with Crippen LogP contribution in [0.15, 0.2) is 42.5 Å². The maximum absolute atomic E-state index is 12.7. The Morgan fingerprint density at radius 1 is 0.727 bits per heavy atom. The minimum Gasteiger partial charge on any atom is -0.474 e. The third-order valence-electron chi connectivity index (χ3n) is 3.79. The number of benzene rings is 2. The van der Waals surface area contributed by atoms with Gasteiger partial charge in [0.25, 0.3) is 5.91 Å². The molecule has 0 saturated heterocycles. The molecular formula is C19H14N4O10. The number of carbonyl (C=O) groups is 7. The highest BCUT2D eigenvalue weighted by Crippen LogP contribution is 2.23. The van der Waals surface area contributed by atoms with Gasteiger partial charge in [0.2, 0.25) is 6.41 Å². The molecule has 0 radical (unpaired) electrons. The molecule has 0 unspecified atom stereocenters. The normalized spacial score (nSPS) is 9.82. The Morgan fingerprint density at radius 2 is 1.27 bits per heavy atom. The van der Waals surface area contributed by atoms with Crippen LogP contribution >= 0.6 is 0 Å². The van der Waals surface area contributed by atoms with Gasteiger partial charge in [0, 0.05) is 22.6 Å². The summed E-state index contributed by atoms with van der Waals surface area (Å²) in [4.78, 5) is 79.5. The number of anilines is 4. The first-order chi connectivity index (χ1) is 15.5. The standard InChI is InChI=1S/C19H14N4O10/c24-8-23(19(32)33)13-3-1-2-10(7-13)20-14(25)9-4-11(21-15(26)17(28)29)6-12(5-9)22-16(27)18(30)31/h1-8H,(H,20,25)(H,21,26)(H,22,27)(H,28,29)(H,30,31)(H,32,33). The van der Waals surface area contributed by atoms with E-state index in [9.17, 15) is 33.6 Å². The fourth-order valence-corrected chi connectivity index (χ4v) is 2.43. The van der Waals surface area contributed by atoms with Gasteiger partial charge >= 0.3 is 29.8 Å². The molecule has 33 heavy (non-hydrogen) atoms. The lowest BCUT2D eigenvalue weighted by Gasteiger charge is -2.14. The molecular weight excluding hydrogens is 444 g/mol. The Bertz CT molecular complexity index is 1130. The second kappa shape index (κ2) is 10.2. The van der Waals surface area contributed by atoms with E-state index in [2.05, 4.69) is 5.32 Å². The molecule has 0 bridgehead atoms. The van der Waals surface area contributed by atoms with Crippen molar-refractivity contribution in [3.05, 3.63) is 48.0 Å². The SMILES string of the molecule is O=CN(C(=O)O)c1cccc(NC(=O)c2cc(NC(=O)C(=O)O)cc(NC(=O)C(=O)O)c2)c1. The van der Waals surface area contributed by atoms with Gasteiger partial charge < -0.3 is 31.3 Å². The Hall–Kier alpha value is -5.27. The molecule has 2 aromatic rings. The van der Waals surface area contributed by atoms with E-state index in [4.69, 9.17) is 15.3 Å². The summed E-state index contributed by atoms with van der Waals surface area (Å²) in [6.45, 7) is 0. The van der Waals surface area contributed by atoms with Crippen molar-refractivity contribution in [2.75, 3.05) is 20.9 Å². The zero-order valence-corrected chi connectivity index (χ0v) is 16.3. The topological polar surface area (TPSA) is 220 Å². The van der Waals surface area contributed by atoms with Crippen LogP contribution in [0.5, 0.6) is 0 Å². The molecule has 0 aliphatic carbocycles. The number of carboxylic acids is 2. The van der Waals surface area contributed by atoms with Gasteiger partial charge in [0.05, 0.1) is 5.69 Å². The van der Waals surface area contributed by atoms with Crippen molar-refractivity contribution >= 4 is 64.9 Å². The van der Waals surface area contributed by atoms with E-state index in [-0.39, 0.29) is 34.7 Å². The molecule has 0 atom stereocenters. The number of rotatable bonds is 6. The third kappa shape index (κ3) is 6.35. The van der Waals surface area contributed by atoms with Crippen molar-refractivity contribution in [2.45, 2.75) is 0 Å². The van der Waals surface area contributed by atoms with Crippen LogP contribution in [0.1, 0.15) is 10.4 Å². The largest absolute Gasteiger partial charge is 0.474 e. The van der Waals surface area contributed by atoms with Crippen LogP contribution in [-0.2, 0) is 24.0 Å². The van der Waals surface area contributed by atoms with Crippen molar-refractivity contribution < 1.29 is 48.9 Å². The van der Waals surface area contributed by atoms with Gasteiger partial charge in [0.15, 0.2) is 0 Å². The molecule has 14 nitrogen and oxygen atoms in total. The summed E-state index contributed by atoms with van der Waals surface area (Å²) in [6.07, 6.45) is -1.51. The number of nitrogens with one attached hydrogen (secondary N) is 3. The van der Waals surface area contributed by atoms with Crippen molar-refractivity contribution in [1.29, 1.82) is 0 Å². The Kier molecular flexibility index (Phi) is 7.39. The Balaban J connectivity index is 2.38. The molecule has 6 N–H and O–H groups in total. The predicted octanol–water partition coefficient (Wildman–Crippen LogP) is 0.626. The number of carbonyl (C=O) groups excluding carboxylic acids is 4. The molecule has 0 spiro atoms. The molecule has 14 heteroatoms. The number of hydrogen-bond acceptors (Lipinski definition) is 7. The first kappa shape index (κ1) is 24.0. The Morgan fingerprint density at radius 3 is 1.73 bits per heavy atom. The summed E-state index contributed by atoms with van der Waals surface area (Å²) in [5.41, 5.74) is -0.756.